The minimum Gasteiger partial charge on any atom is -0.431 e. The maximum absolute atomic E-state index is 14.0. The predicted molar refractivity (Wildman–Crippen MR) is 86.8 cm³/mol. The van der Waals surface area contributed by atoms with Crippen molar-refractivity contribution in [1.82, 2.24) is 4.57 Å². The Kier molecular flexibility index (Phi) is 5.04. The molecule has 0 amide bonds. The number of rotatable bonds is 3. The second-order valence-electron chi connectivity index (χ2n) is 5.46. The first-order valence-corrected chi connectivity index (χ1v) is 8.49. The average Bonchev–Trinajstić information content (AvgIpc) is 2.58. The van der Waals surface area contributed by atoms with E-state index in [1.54, 1.807) is 19.2 Å². The van der Waals surface area contributed by atoms with Gasteiger partial charge in [-0.1, -0.05) is 12.1 Å². The molecule has 0 saturated carbocycles. The molecule has 0 spiro atoms. The molecule has 1 aliphatic rings. The second-order valence-corrected chi connectivity index (χ2v) is 6.56. The zero-order valence-electron chi connectivity index (χ0n) is 13.2. The molecule has 1 unspecified atom stereocenters. The van der Waals surface area contributed by atoms with Crippen molar-refractivity contribution in [3.63, 3.8) is 0 Å². The number of thioether (sulfide) groups is 1. The summed E-state index contributed by atoms with van der Waals surface area (Å²) in [6.45, 7) is -3.03. The third kappa shape index (κ3) is 3.66. The van der Waals surface area contributed by atoms with Crippen LogP contribution in [0.1, 0.15) is 23.6 Å². The average molecular weight is 365 g/mol. The van der Waals surface area contributed by atoms with E-state index in [4.69, 9.17) is 5.26 Å². The van der Waals surface area contributed by atoms with E-state index in [9.17, 15) is 13.2 Å². The zero-order valence-corrected chi connectivity index (χ0v) is 14.1. The topological polar surface area (TPSA) is 50.3 Å². The van der Waals surface area contributed by atoms with Crippen LogP contribution in [0, 0.1) is 17.1 Å². The van der Waals surface area contributed by atoms with E-state index in [1.165, 1.54) is 34.7 Å². The zero-order chi connectivity index (χ0) is 18.0. The lowest BCUT2D eigenvalue weighted by Crippen LogP contribution is -2.24. The van der Waals surface area contributed by atoms with E-state index in [1.807, 2.05) is 6.07 Å². The van der Waals surface area contributed by atoms with Crippen molar-refractivity contribution in [3.05, 3.63) is 52.9 Å². The molecule has 0 bridgehead atoms. The Morgan fingerprint density at radius 3 is 2.96 bits per heavy atom. The van der Waals surface area contributed by atoms with Crippen molar-refractivity contribution in [2.24, 2.45) is 12.0 Å². The molecular weight excluding hydrogens is 351 g/mol. The number of halogens is 3. The highest BCUT2D eigenvalue weighted by Gasteiger charge is 2.23. The van der Waals surface area contributed by atoms with E-state index in [0.29, 0.717) is 17.1 Å². The number of hydrogen-bond donors (Lipinski definition) is 0. The van der Waals surface area contributed by atoms with Gasteiger partial charge in [0, 0.05) is 30.0 Å². The number of alkyl halides is 2. The summed E-state index contributed by atoms with van der Waals surface area (Å²) in [5, 5.41) is 9.01. The van der Waals surface area contributed by atoms with Gasteiger partial charge in [0.05, 0.1) is 11.6 Å². The van der Waals surface area contributed by atoms with Crippen LogP contribution in [0.5, 0.6) is 5.75 Å². The fourth-order valence-electron chi connectivity index (χ4n) is 2.74. The first-order chi connectivity index (χ1) is 12.0. The van der Waals surface area contributed by atoms with E-state index in [-0.39, 0.29) is 28.7 Å². The number of aryl methyl sites for hydroxylation is 1. The number of fused-ring (bicyclic) bond motifs is 1. The van der Waals surface area contributed by atoms with Gasteiger partial charge in [-0.2, -0.15) is 14.0 Å². The number of nitriles is 1. The Labute approximate surface area is 146 Å². The molecule has 25 heavy (non-hydrogen) atoms. The van der Waals surface area contributed by atoms with E-state index in [2.05, 4.69) is 9.73 Å². The van der Waals surface area contributed by atoms with Crippen LogP contribution in [0.25, 0.3) is 0 Å². The summed E-state index contributed by atoms with van der Waals surface area (Å²) in [4.78, 5) is 5.08. The van der Waals surface area contributed by atoms with E-state index in [0.717, 1.165) is 5.56 Å². The molecule has 1 atom stereocenters. The molecule has 8 heteroatoms. The van der Waals surface area contributed by atoms with Gasteiger partial charge in [-0.25, -0.2) is 4.39 Å². The van der Waals surface area contributed by atoms with Crippen LogP contribution in [0.15, 0.2) is 40.4 Å². The minimum atomic E-state index is -3.03. The molecule has 0 radical (unpaired) electrons. The van der Waals surface area contributed by atoms with Crippen LogP contribution < -0.4 is 10.2 Å². The van der Waals surface area contributed by atoms with Crippen molar-refractivity contribution < 1.29 is 17.9 Å². The molecule has 0 N–H and O–H groups in total. The number of nitrogens with zero attached hydrogens (tertiary/aromatic N) is 3. The van der Waals surface area contributed by atoms with Crippen LogP contribution in [0.2, 0.25) is 0 Å². The van der Waals surface area contributed by atoms with Crippen LogP contribution in [-0.2, 0) is 7.05 Å². The first kappa shape index (κ1) is 17.4. The molecule has 1 aromatic heterocycles. The Morgan fingerprint density at radius 1 is 1.44 bits per heavy atom. The summed E-state index contributed by atoms with van der Waals surface area (Å²) in [5.74, 6) is 0.191. The van der Waals surface area contributed by atoms with Gasteiger partial charge < -0.3 is 9.30 Å². The van der Waals surface area contributed by atoms with Crippen LogP contribution in [0.3, 0.4) is 0 Å². The Hall–Kier alpha value is -2.40. The number of aromatic nitrogens is 1. The highest BCUT2D eigenvalue weighted by molar-refractivity contribution is 7.99. The molecule has 1 aromatic carbocycles. The molecule has 0 aliphatic carbocycles. The molecule has 130 valence electrons. The molecular formula is C17H14F3N3OS. The highest BCUT2D eigenvalue weighted by Crippen LogP contribution is 2.39. The van der Waals surface area contributed by atoms with Gasteiger partial charge in [-0.3, -0.25) is 4.99 Å². The van der Waals surface area contributed by atoms with Crippen molar-refractivity contribution in [1.29, 1.82) is 5.26 Å². The minimum absolute atomic E-state index is 0.173. The molecule has 0 saturated heterocycles. The number of hydrogen-bond acceptors (Lipinski definition) is 4. The summed E-state index contributed by atoms with van der Waals surface area (Å²) in [6.07, 6.45) is 2.14. The molecule has 2 heterocycles. The molecule has 2 aromatic rings. The lowest BCUT2D eigenvalue weighted by Gasteiger charge is -2.22. The molecule has 0 fully saturated rings. The predicted octanol–water partition coefficient (Wildman–Crippen LogP) is 3.78. The monoisotopic (exact) mass is 365 g/mol. The standard InChI is InChI=1S/C17H14F3N3OS/c1-23-9-10(8-21)7-14(24-17(19)20)16(23)22-13-5-6-25-15-11(13)3-2-4-12(15)18/h2-4,7,9,13,17H,5-6H2,1H3. The highest BCUT2D eigenvalue weighted by atomic mass is 32.2. The summed E-state index contributed by atoms with van der Waals surface area (Å²) in [5.41, 5.74) is 1.10. The fraction of sp³-hybridized carbons (Fsp3) is 0.294. The number of benzene rings is 1. The lowest BCUT2D eigenvalue weighted by atomic mass is 10.0. The largest absolute Gasteiger partial charge is 0.431 e. The molecule has 1 aliphatic heterocycles. The van der Waals surface area contributed by atoms with Crippen LogP contribution in [0.4, 0.5) is 13.2 Å². The van der Waals surface area contributed by atoms with Crippen molar-refractivity contribution in [3.8, 4) is 11.8 Å². The SMILES string of the molecule is Cn1cc(C#N)cc(OC(F)F)c1=NC1CCSc2c(F)cccc21. The van der Waals surface area contributed by atoms with Gasteiger partial charge in [0.15, 0.2) is 11.2 Å². The van der Waals surface area contributed by atoms with Gasteiger partial charge in [0.25, 0.3) is 0 Å². The van der Waals surface area contributed by atoms with Gasteiger partial charge in [0.2, 0.25) is 0 Å². The maximum Gasteiger partial charge on any atom is 0.387 e. The smallest absolute Gasteiger partial charge is 0.387 e. The normalized spacial score (nSPS) is 17.3. The third-order valence-electron chi connectivity index (χ3n) is 3.79. The molecule has 3 rings (SSSR count). The Morgan fingerprint density at radius 2 is 2.24 bits per heavy atom. The molecule has 4 nitrogen and oxygen atoms in total. The number of pyridine rings is 1. The van der Waals surface area contributed by atoms with Gasteiger partial charge in [-0.05, 0) is 18.1 Å². The first-order valence-electron chi connectivity index (χ1n) is 7.50. The maximum atomic E-state index is 14.0. The lowest BCUT2D eigenvalue weighted by molar-refractivity contribution is -0.0513. The summed E-state index contributed by atoms with van der Waals surface area (Å²) in [6, 6.07) is 7.54. The Bertz CT molecular complexity index is 905. The van der Waals surface area contributed by atoms with Gasteiger partial charge >= 0.3 is 6.61 Å². The quantitative estimate of drug-likeness (QED) is 0.832. The van der Waals surface area contributed by atoms with E-state index >= 15 is 0 Å². The van der Waals surface area contributed by atoms with Crippen molar-refractivity contribution in [2.45, 2.75) is 24.0 Å². The van der Waals surface area contributed by atoms with Crippen molar-refractivity contribution in [2.75, 3.05) is 5.75 Å². The van der Waals surface area contributed by atoms with Crippen LogP contribution >= 0.6 is 11.8 Å². The van der Waals surface area contributed by atoms with Crippen LogP contribution in [-0.4, -0.2) is 16.9 Å². The summed E-state index contributed by atoms with van der Waals surface area (Å²) < 4.78 is 45.5. The second kappa shape index (κ2) is 7.23. The number of ether oxygens (including phenoxy) is 1. The van der Waals surface area contributed by atoms with E-state index < -0.39 is 6.61 Å². The third-order valence-corrected chi connectivity index (χ3v) is 4.95. The fourth-order valence-corrected chi connectivity index (χ4v) is 3.86. The van der Waals surface area contributed by atoms with Gasteiger partial charge in [0.1, 0.15) is 11.9 Å². The van der Waals surface area contributed by atoms with Gasteiger partial charge in [-0.15, -0.1) is 11.8 Å². The Balaban J connectivity index is 2.14. The summed E-state index contributed by atoms with van der Waals surface area (Å²) in [7, 11) is 1.60. The van der Waals surface area contributed by atoms with Crippen molar-refractivity contribution >= 4 is 11.8 Å². The summed E-state index contributed by atoms with van der Waals surface area (Å²) >= 11 is 1.42.